The molecule has 3 nitrogen and oxygen atoms in total. The summed E-state index contributed by atoms with van der Waals surface area (Å²) in [5.41, 5.74) is 5.34. The zero-order valence-electron chi connectivity index (χ0n) is 15.2. The number of benzene rings is 2. The molecule has 0 bridgehead atoms. The molecule has 1 amide bonds. The fraction of sp³-hybridized carbons (Fsp3) is 0.227. The van der Waals surface area contributed by atoms with Crippen molar-refractivity contribution in [2.45, 2.75) is 33.1 Å². The summed E-state index contributed by atoms with van der Waals surface area (Å²) in [6.07, 6.45) is 3.40. The Hall–Kier alpha value is -2.81. The van der Waals surface area contributed by atoms with Gasteiger partial charge in [-0.15, -0.1) is 0 Å². The van der Waals surface area contributed by atoms with E-state index in [0.29, 0.717) is 0 Å². The molecule has 0 unspecified atom stereocenters. The molecule has 1 heterocycles. The van der Waals surface area contributed by atoms with Gasteiger partial charge < -0.3 is 10.3 Å². The van der Waals surface area contributed by atoms with Gasteiger partial charge in [0.15, 0.2) is 0 Å². The van der Waals surface area contributed by atoms with Crippen molar-refractivity contribution >= 4 is 28.6 Å². The molecule has 2 aromatic carbocycles. The molecule has 2 N–H and O–H groups in total. The molecule has 3 heteroatoms. The van der Waals surface area contributed by atoms with Gasteiger partial charge in [0.05, 0.1) is 0 Å². The SMILES string of the molecule is Cc1cc2ccc(NC(=O)/C=C/c3ccc(C(C)(C)C)cc3)cc2[nH]1. The normalized spacial score (nSPS) is 12.0. The average Bonchev–Trinajstić information content (AvgIpc) is 2.92. The number of carbonyl (C=O) groups is 1. The van der Waals surface area contributed by atoms with E-state index < -0.39 is 0 Å². The Morgan fingerprint density at radius 1 is 1.04 bits per heavy atom. The number of carbonyl (C=O) groups excluding carboxylic acids is 1. The first-order valence-electron chi connectivity index (χ1n) is 8.50. The van der Waals surface area contributed by atoms with Gasteiger partial charge in [-0.25, -0.2) is 0 Å². The molecule has 0 fully saturated rings. The van der Waals surface area contributed by atoms with Crippen LogP contribution in [-0.2, 0) is 10.2 Å². The Bertz CT molecular complexity index is 925. The van der Waals surface area contributed by atoms with Crippen LogP contribution in [0.3, 0.4) is 0 Å². The Morgan fingerprint density at radius 2 is 1.76 bits per heavy atom. The number of amides is 1. The van der Waals surface area contributed by atoms with Crippen molar-refractivity contribution in [3.8, 4) is 0 Å². The van der Waals surface area contributed by atoms with E-state index in [-0.39, 0.29) is 11.3 Å². The summed E-state index contributed by atoms with van der Waals surface area (Å²) >= 11 is 0. The average molecular weight is 332 g/mol. The van der Waals surface area contributed by atoms with Crippen molar-refractivity contribution < 1.29 is 4.79 Å². The van der Waals surface area contributed by atoms with Crippen LogP contribution in [0.2, 0.25) is 0 Å². The fourth-order valence-corrected chi connectivity index (χ4v) is 2.80. The van der Waals surface area contributed by atoms with E-state index in [4.69, 9.17) is 0 Å². The van der Waals surface area contributed by atoms with E-state index >= 15 is 0 Å². The van der Waals surface area contributed by atoms with Crippen LogP contribution in [0.1, 0.15) is 37.6 Å². The van der Waals surface area contributed by atoms with Crippen LogP contribution in [0.5, 0.6) is 0 Å². The third kappa shape index (κ3) is 4.18. The van der Waals surface area contributed by atoms with Crippen LogP contribution in [-0.4, -0.2) is 10.9 Å². The number of aryl methyl sites for hydroxylation is 1. The monoisotopic (exact) mass is 332 g/mol. The maximum atomic E-state index is 12.1. The number of aromatic amines is 1. The van der Waals surface area contributed by atoms with E-state index in [1.165, 1.54) is 5.56 Å². The summed E-state index contributed by atoms with van der Waals surface area (Å²) in [6.45, 7) is 8.58. The molecular formula is C22H24N2O. The Labute approximate surface area is 148 Å². The summed E-state index contributed by atoms with van der Waals surface area (Å²) in [7, 11) is 0. The molecule has 0 radical (unpaired) electrons. The third-order valence-corrected chi connectivity index (χ3v) is 4.23. The standard InChI is InChI=1S/C22H24N2O/c1-15-13-17-8-11-19(14-20(17)23-15)24-21(25)12-7-16-5-9-18(10-6-16)22(2,3)4/h5-14,23H,1-4H3,(H,24,25)/b12-7+. The fourth-order valence-electron chi connectivity index (χ4n) is 2.80. The molecule has 3 aromatic rings. The van der Waals surface area contributed by atoms with Gasteiger partial charge >= 0.3 is 0 Å². The predicted octanol–water partition coefficient (Wildman–Crippen LogP) is 5.43. The van der Waals surface area contributed by atoms with Crippen LogP contribution in [0, 0.1) is 6.92 Å². The lowest BCUT2D eigenvalue weighted by Gasteiger charge is -2.18. The van der Waals surface area contributed by atoms with Crippen molar-refractivity contribution in [3.63, 3.8) is 0 Å². The second-order valence-electron chi connectivity index (χ2n) is 7.45. The highest BCUT2D eigenvalue weighted by Gasteiger charge is 2.12. The predicted molar refractivity (Wildman–Crippen MR) is 106 cm³/mol. The molecular weight excluding hydrogens is 308 g/mol. The number of anilines is 1. The summed E-state index contributed by atoms with van der Waals surface area (Å²) in [5, 5.41) is 4.05. The Balaban J connectivity index is 1.67. The first-order chi connectivity index (χ1) is 11.8. The van der Waals surface area contributed by atoms with E-state index in [2.05, 4.69) is 49.3 Å². The van der Waals surface area contributed by atoms with E-state index in [1.54, 1.807) is 6.08 Å². The number of hydrogen-bond donors (Lipinski definition) is 2. The number of aromatic nitrogens is 1. The number of fused-ring (bicyclic) bond motifs is 1. The molecule has 0 saturated carbocycles. The molecule has 3 rings (SSSR count). The minimum atomic E-state index is -0.137. The summed E-state index contributed by atoms with van der Waals surface area (Å²) in [4.78, 5) is 15.4. The van der Waals surface area contributed by atoms with Crippen LogP contribution < -0.4 is 5.32 Å². The van der Waals surface area contributed by atoms with Crippen LogP contribution in [0.25, 0.3) is 17.0 Å². The lowest BCUT2D eigenvalue weighted by atomic mass is 9.87. The van der Waals surface area contributed by atoms with Crippen molar-refractivity contribution in [2.75, 3.05) is 5.32 Å². The maximum absolute atomic E-state index is 12.1. The first kappa shape index (κ1) is 17.0. The third-order valence-electron chi connectivity index (χ3n) is 4.23. The number of H-pyrrole nitrogens is 1. The van der Waals surface area contributed by atoms with Crippen molar-refractivity contribution in [2.24, 2.45) is 0 Å². The van der Waals surface area contributed by atoms with Gasteiger partial charge in [0.1, 0.15) is 0 Å². The van der Waals surface area contributed by atoms with E-state index in [1.807, 2.05) is 43.3 Å². The quantitative estimate of drug-likeness (QED) is 0.618. The Morgan fingerprint density at radius 3 is 2.44 bits per heavy atom. The highest BCUT2D eigenvalue weighted by Crippen LogP contribution is 2.22. The zero-order valence-corrected chi connectivity index (χ0v) is 15.2. The molecule has 0 spiro atoms. The summed E-state index contributed by atoms with van der Waals surface area (Å²) in [5.74, 6) is -0.137. The van der Waals surface area contributed by atoms with Gasteiger partial charge in [0.25, 0.3) is 0 Å². The van der Waals surface area contributed by atoms with Crippen molar-refractivity contribution in [3.05, 3.63) is 71.4 Å². The summed E-state index contributed by atoms with van der Waals surface area (Å²) < 4.78 is 0. The van der Waals surface area contributed by atoms with E-state index in [9.17, 15) is 4.79 Å². The second kappa shape index (κ2) is 6.60. The smallest absolute Gasteiger partial charge is 0.248 e. The second-order valence-corrected chi connectivity index (χ2v) is 7.45. The van der Waals surface area contributed by atoms with Gasteiger partial charge in [0, 0.05) is 23.0 Å². The maximum Gasteiger partial charge on any atom is 0.248 e. The molecule has 0 atom stereocenters. The molecule has 0 aliphatic carbocycles. The zero-order chi connectivity index (χ0) is 18.0. The van der Waals surface area contributed by atoms with Gasteiger partial charge in [-0.2, -0.15) is 0 Å². The largest absolute Gasteiger partial charge is 0.359 e. The molecule has 1 aromatic heterocycles. The van der Waals surface area contributed by atoms with Crippen molar-refractivity contribution in [1.82, 2.24) is 4.98 Å². The van der Waals surface area contributed by atoms with E-state index in [0.717, 1.165) is 27.8 Å². The highest BCUT2D eigenvalue weighted by atomic mass is 16.1. The van der Waals surface area contributed by atoms with Gasteiger partial charge in [-0.1, -0.05) is 51.1 Å². The first-order valence-corrected chi connectivity index (χ1v) is 8.50. The Kier molecular flexibility index (Phi) is 4.49. The number of rotatable bonds is 3. The van der Waals surface area contributed by atoms with Gasteiger partial charge in [-0.05, 0) is 53.1 Å². The van der Waals surface area contributed by atoms with Gasteiger partial charge in [0.2, 0.25) is 5.91 Å². The summed E-state index contributed by atoms with van der Waals surface area (Å²) in [6, 6.07) is 16.3. The van der Waals surface area contributed by atoms with Crippen LogP contribution in [0.15, 0.2) is 54.6 Å². The number of nitrogens with one attached hydrogen (secondary N) is 2. The molecule has 0 aliphatic heterocycles. The minimum Gasteiger partial charge on any atom is -0.359 e. The minimum absolute atomic E-state index is 0.133. The number of hydrogen-bond acceptors (Lipinski definition) is 1. The molecule has 0 aliphatic rings. The lowest BCUT2D eigenvalue weighted by molar-refractivity contribution is -0.111. The molecule has 128 valence electrons. The van der Waals surface area contributed by atoms with Crippen molar-refractivity contribution in [1.29, 1.82) is 0 Å². The van der Waals surface area contributed by atoms with Crippen LogP contribution in [0.4, 0.5) is 5.69 Å². The lowest BCUT2D eigenvalue weighted by Crippen LogP contribution is -2.10. The molecule has 25 heavy (non-hydrogen) atoms. The highest BCUT2D eigenvalue weighted by molar-refractivity contribution is 6.02. The van der Waals surface area contributed by atoms with Crippen LogP contribution >= 0.6 is 0 Å². The topological polar surface area (TPSA) is 44.9 Å². The molecule has 0 saturated heterocycles. The van der Waals surface area contributed by atoms with Gasteiger partial charge in [-0.3, -0.25) is 4.79 Å².